The molecule has 0 unspecified atom stereocenters. The smallest absolute Gasteiger partial charge is 0.419 e. The van der Waals surface area contributed by atoms with E-state index >= 15 is 0 Å². The largest absolute Gasteiger partial charge is 0.463 e. The molecule has 34 heavy (non-hydrogen) atoms. The highest BCUT2D eigenvalue weighted by molar-refractivity contribution is 6.04. The van der Waals surface area contributed by atoms with Crippen molar-refractivity contribution in [2.45, 2.75) is 6.54 Å². The van der Waals surface area contributed by atoms with Gasteiger partial charge in [-0.15, -0.1) is 0 Å². The quantitative estimate of drug-likeness (QED) is 0.399. The van der Waals surface area contributed by atoms with Crippen molar-refractivity contribution in [1.29, 1.82) is 0 Å². The minimum atomic E-state index is -0.425. The molecule has 172 valence electrons. The number of anilines is 1. The molecule has 5 aromatic rings. The van der Waals surface area contributed by atoms with Gasteiger partial charge in [-0.3, -0.25) is 9.36 Å². The molecule has 0 saturated carbocycles. The Balaban J connectivity index is 1.49. The second kappa shape index (κ2) is 8.87. The topological polar surface area (TPSA) is 98.4 Å². The maximum absolute atomic E-state index is 13.3. The summed E-state index contributed by atoms with van der Waals surface area (Å²) in [5.74, 6) is -0.210. The molecule has 9 nitrogen and oxygen atoms in total. The Bertz CT molecular complexity index is 1490. The van der Waals surface area contributed by atoms with Gasteiger partial charge >= 0.3 is 5.76 Å². The number of hydrogen-bond acceptors (Lipinski definition) is 6. The first-order valence-corrected chi connectivity index (χ1v) is 10.8. The molecule has 1 amide bonds. The molecule has 9 heteroatoms. The van der Waals surface area contributed by atoms with Gasteiger partial charge in [-0.1, -0.05) is 18.2 Å². The fourth-order valence-electron chi connectivity index (χ4n) is 3.70. The summed E-state index contributed by atoms with van der Waals surface area (Å²) in [6.45, 7) is 1.15. The van der Waals surface area contributed by atoms with Gasteiger partial charge in [0, 0.05) is 24.8 Å². The van der Waals surface area contributed by atoms with Crippen molar-refractivity contribution < 1.29 is 13.6 Å². The highest BCUT2D eigenvalue weighted by atomic mass is 16.4. The van der Waals surface area contributed by atoms with Crippen LogP contribution in [-0.2, 0) is 6.54 Å². The van der Waals surface area contributed by atoms with Crippen LogP contribution in [0.2, 0.25) is 0 Å². The summed E-state index contributed by atoms with van der Waals surface area (Å²) in [7, 11) is 3.87. The SMILES string of the molecule is CN(C)CCn1c(=O)oc2ccc(NC(=O)c3cc(-c4ccco4)nn3-c3ccccc3)cc21. The third-order valence-corrected chi connectivity index (χ3v) is 5.41. The minimum Gasteiger partial charge on any atom is -0.463 e. The monoisotopic (exact) mass is 457 g/mol. The lowest BCUT2D eigenvalue weighted by Gasteiger charge is -2.10. The van der Waals surface area contributed by atoms with Crippen LogP contribution >= 0.6 is 0 Å². The van der Waals surface area contributed by atoms with Crippen molar-refractivity contribution in [3.8, 4) is 17.1 Å². The van der Waals surface area contributed by atoms with Crippen molar-refractivity contribution in [3.05, 3.63) is 89.2 Å². The molecule has 0 aliphatic heterocycles. The van der Waals surface area contributed by atoms with Gasteiger partial charge in [-0.05, 0) is 56.6 Å². The molecule has 1 N–H and O–H groups in total. The van der Waals surface area contributed by atoms with E-state index in [-0.39, 0.29) is 5.91 Å². The highest BCUT2D eigenvalue weighted by Crippen LogP contribution is 2.24. The van der Waals surface area contributed by atoms with Crippen LogP contribution in [0.15, 0.2) is 86.6 Å². The number of fused-ring (bicyclic) bond motifs is 1. The van der Waals surface area contributed by atoms with Gasteiger partial charge in [0.05, 0.1) is 17.5 Å². The lowest BCUT2D eigenvalue weighted by atomic mass is 10.2. The number of nitrogens with one attached hydrogen (secondary N) is 1. The third-order valence-electron chi connectivity index (χ3n) is 5.41. The number of rotatable bonds is 7. The summed E-state index contributed by atoms with van der Waals surface area (Å²) >= 11 is 0. The Hall–Kier alpha value is -4.37. The van der Waals surface area contributed by atoms with Gasteiger partial charge in [0.2, 0.25) is 0 Å². The van der Waals surface area contributed by atoms with E-state index in [2.05, 4.69) is 10.4 Å². The van der Waals surface area contributed by atoms with Crippen LogP contribution in [-0.4, -0.2) is 45.8 Å². The van der Waals surface area contributed by atoms with Gasteiger partial charge < -0.3 is 19.1 Å². The van der Waals surface area contributed by atoms with E-state index in [0.717, 1.165) is 5.69 Å². The van der Waals surface area contributed by atoms with Crippen molar-refractivity contribution in [3.63, 3.8) is 0 Å². The highest BCUT2D eigenvalue weighted by Gasteiger charge is 2.20. The van der Waals surface area contributed by atoms with E-state index in [4.69, 9.17) is 8.83 Å². The number of nitrogens with zero attached hydrogens (tertiary/aromatic N) is 4. The summed E-state index contributed by atoms with van der Waals surface area (Å²) < 4.78 is 14.0. The number of carbonyl (C=O) groups is 1. The average Bonchev–Trinajstić information content (AvgIpc) is 3.56. The zero-order valence-corrected chi connectivity index (χ0v) is 18.8. The number of amides is 1. The number of aromatic nitrogens is 3. The fraction of sp³-hybridized carbons (Fsp3) is 0.160. The fourth-order valence-corrected chi connectivity index (χ4v) is 3.70. The second-order valence-corrected chi connectivity index (χ2v) is 8.10. The van der Waals surface area contributed by atoms with E-state index in [1.165, 1.54) is 0 Å². The zero-order valence-electron chi connectivity index (χ0n) is 18.8. The predicted molar refractivity (Wildman–Crippen MR) is 128 cm³/mol. The molecule has 0 spiro atoms. The molecule has 2 aromatic carbocycles. The number of para-hydroxylation sites is 1. The lowest BCUT2D eigenvalue weighted by Crippen LogP contribution is -2.23. The Kier molecular flexibility index (Phi) is 5.60. The summed E-state index contributed by atoms with van der Waals surface area (Å²) in [6.07, 6.45) is 1.56. The molecule has 0 fully saturated rings. The maximum atomic E-state index is 13.3. The normalized spacial score (nSPS) is 11.4. The zero-order chi connectivity index (χ0) is 23.7. The van der Waals surface area contributed by atoms with Crippen molar-refractivity contribution in [2.24, 2.45) is 0 Å². The van der Waals surface area contributed by atoms with E-state index < -0.39 is 5.76 Å². The first-order valence-electron chi connectivity index (χ1n) is 10.8. The summed E-state index contributed by atoms with van der Waals surface area (Å²) in [5, 5.41) is 7.51. The molecule has 3 aromatic heterocycles. The standard InChI is InChI=1S/C25H23N5O4/c1-28(2)12-13-29-20-15-17(10-11-23(20)34-25(29)32)26-24(31)21-16-19(22-9-6-14-33-22)27-30(21)18-7-4-3-5-8-18/h3-11,14-16H,12-13H2,1-2H3,(H,26,31). The van der Waals surface area contributed by atoms with Crippen molar-refractivity contribution in [1.82, 2.24) is 19.2 Å². The van der Waals surface area contributed by atoms with E-state index in [9.17, 15) is 9.59 Å². The van der Waals surface area contributed by atoms with Gasteiger partial charge in [0.1, 0.15) is 11.4 Å². The number of furan rings is 1. The van der Waals surface area contributed by atoms with Crippen LogP contribution in [0.4, 0.5) is 5.69 Å². The van der Waals surface area contributed by atoms with Crippen LogP contribution in [0.5, 0.6) is 0 Å². The second-order valence-electron chi connectivity index (χ2n) is 8.10. The number of carbonyl (C=O) groups excluding carboxylic acids is 1. The molecule has 0 bridgehead atoms. The molecule has 3 heterocycles. The van der Waals surface area contributed by atoms with Crippen LogP contribution in [0, 0.1) is 0 Å². The molecular weight excluding hydrogens is 434 g/mol. The first-order chi connectivity index (χ1) is 16.5. The van der Waals surface area contributed by atoms with Gasteiger partial charge in [-0.25, -0.2) is 9.48 Å². The van der Waals surface area contributed by atoms with Crippen LogP contribution in [0.3, 0.4) is 0 Å². The predicted octanol–water partition coefficient (Wildman–Crippen LogP) is 3.85. The molecule has 0 aliphatic carbocycles. The average molecular weight is 457 g/mol. The van der Waals surface area contributed by atoms with Gasteiger partial charge in [-0.2, -0.15) is 5.10 Å². The molecule has 5 rings (SSSR count). The first kappa shape index (κ1) is 21.5. The van der Waals surface area contributed by atoms with E-state index in [1.807, 2.05) is 49.3 Å². The summed E-state index contributed by atoms with van der Waals surface area (Å²) in [5.41, 5.74) is 3.26. The number of likely N-dealkylation sites (N-methyl/N-ethyl adjacent to an activating group) is 1. The third kappa shape index (κ3) is 4.16. The lowest BCUT2D eigenvalue weighted by molar-refractivity contribution is 0.101. The van der Waals surface area contributed by atoms with Crippen molar-refractivity contribution >= 4 is 22.7 Å². The van der Waals surface area contributed by atoms with Crippen LogP contribution < -0.4 is 11.1 Å². The molecule has 0 saturated heterocycles. The summed E-state index contributed by atoms with van der Waals surface area (Å²) in [4.78, 5) is 27.6. The number of hydrogen-bond donors (Lipinski definition) is 1. The number of benzene rings is 2. The molecule has 0 atom stereocenters. The Morgan fingerprint density at radius 2 is 1.88 bits per heavy atom. The number of oxazole rings is 1. The molecule has 0 radical (unpaired) electrons. The van der Waals surface area contributed by atoms with Gasteiger partial charge in [0.15, 0.2) is 11.3 Å². The van der Waals surface area contributed by atoms with Crippen molar-refractivity contribution in [2.75, 3.05) is 26.0 Å². The summed E-state index contributed by atoms with van der Waals surface area (Å²) in [6, 6.07) is 19.8. The van der Waals surface area contributed by atoms with Crippen LogP contribution in [0.1, 0.15) is 10.5 Å². The van der Waals surface area contributed by atoms with E-state index in [0.29, 0.717) is 47.0 Å². The Labute approximate surface area is 194 Å². The van der Waals surface area contributed by atoms with E-state index in [1.54, 1.807) is 51.9 Å². The Morgan fingerprint density at radius 3 is 2.62 bits per heavy atom. The van der Waals surface area contributed by atoms with Gasteiger partial charge in [0.25, 0.3) is 5.91 Å². The van der Waals surface area contributed by atoms with Crippen LogP contribution in [0.25, 0.3) is 28.2 Å². The molecular formula is C25H23N5O4. The minimum absolute atomic E-state index is 0.342. The maximum Gasteiger partial charge on any atom is 0.419 e. The molecule has 0 aliphatic rings. The Morgan fingerprint density at radius 1 is 1.06 bits per heavy atom.